The van der Waals surface area contributed by atoms with Gasteiger partial charge in [-0.05, 0) is 68.1 Å². The van der Waals surface area contributed by atoms with Gasteiger partial charge in [0.25, 0.3) is 0 Å². The molecule has 2 aromatic carbocycles. The van der Waals surface area contributed by atoms with Crippen LogP contribution in [0, 0.1) is 13.8 Å². The fourth-order valence-corrected chi connectivity index (χ4v) is 2.59. The lowest BCUT2D eigenvalue weighted by Crippen LogP contribution is -2.16. The smallest absolute Gasteiger partial charge is 0.119 e. The number of benzene rings is 2. The molecule has 0 amide bonds. The normalized spacial score (nSPS) is 12.0. The van der Waals surface area contributed by atoms with E-state index >= 15 is 0 Å². The predicted octanol–water partition coefficient (Wildman–Crippen LogP) is 3.82. The fraction of sp³-hybridized carbons (Fsp3) is 0.368. The van der Waals surface area contributed by atoms with E-state index in [2.05, 4.69) is 32.0 Å². The molecule has 0 saturated heterocycles. The molecule has 3 heteroatoms. The van der Waals surface area contributed by atoms with Gasteiger partial charge in [0.1, 0.15) is 11.5 Å². The van der Waals surface area contributed by atoms with Gasteiger partial charge in [0.05, 0.1) is 13.7 Å². The lowest BCUT2D eigenvalue weighted by Gasteiger charge is -2.18. The standard InChI is InChI=1S/C19H25NO2/c1-14-4-5-15(2)19(12-14)16(13-20)10-11-22-18-8-6-17(21-3)7-9-18/h4-9,12,16H,10-11,13,20H2,1-3H3. The maximum absolute atomic E-state index is 5.97. The number of nitrogens with two attached hydrogens (primary N) is 1. The molecular formula is C19H25NO2. The summed E-state index contributed by atoms with van der Waals surface area (Å²) in [5.41, 5.74) is 9.87. The number of ether oxygens (including phenoxy) is 2. The molecule has 22 heavy (non-hydrogen) atoms. The zero-order chi connectivity index (χ0) is 15.9. The van der Waals surface area contributed by atoms with Crippen molar-refractivity contribution in [2.45, 2.75) is 26.2 Å². The summed E-state index contributed by atoms with van der Waals surface area (Å²) < 4.78 is 11.0. The zero-order valence-corrected chi connectivity index (χ0v) is 13.6. The van der Waals surface area contributed by atoms with E-state index in [9.17, 15) is 0 Å². The lowest BCUT2D eigenvalue weighted by atomic mass is 9.91. The quantitative estimate of drug-likeness (QED) is 0.845. The van der Waals surface area contributed by atoms with Gasteiger partial charge in [-0.3, -0.25) is 0 Å². The summed E-state index contributed by atoms with van der Waals surface area (Å²) in [4.78, 5) is 0. The molecule has 1 atom stereocenters. The second kappa shape index (κ2) is 7.85. The second-order valence-electron chi connectivity index (χ2n) is 5.61. The van der Waals surface area contributed by atoms with Crippen molar-refractivity contribution in [1.29, 1.82) is 0 Å². The number of rotatable bonds is 7. The van der Waals surface area contributed by atoms with E-state index in [1.807, 2.05) is 24.3 Å². The van der Waals surface area contributed by atoms with Crippen molar-refractivity contribution >= 4 is 0 Å². The van der Waals surface area contributed by atoms with Crippen molar-refractivity contribution in [3.63, 3.8) is 0 Å². The highest BCUT2D eigenvalue weighted by Gasteiger charge is 2.12. The van der Waals surface area contributed by atoms with Gasteiger partial charge in [-0.15, -0.1) is 0 Å². The summed E-state index contributed by atoms with van der Waals surface area (Å²) in [5.74, 6) is 2.03. The summed E-state index contributed by atoms with van der Waals surface area (Å²) in [6.07, 6.45) is 0.910. The molecule has 0 aliphatic rings. The third kappa shape index (κ3) is 4.25. The molecule has 0 heterocycles. The molecular weight excluding hydrogens is 274 g/mol. The summed E-state index contributed by atoms with van der Waals surface area (Å²) in [6.45, 7) is 5.55. The van der Waals surface area contributed by atoms with Gasteiger partial charge in [-0.2, -0.15) is 0 Å². The van der Waals surface area contributed by atoms with E-state index in [4.69, 9.17) is 15.2 Å². The Kier molecular flexibility index (Phi) is 5.84. The van der Waals surface area contributed by atoms with Crippen molar-refractivity contribution in [2.24, 2.45) is 5.73 Å². The molecule has 0 spiro atoms. The molecule has 0 aliphatic heterocycles. The van der Waals surface area contributed by atoms with Crippen LogP contribution in [0.4, 0.5) is 0 Å². The van der Waals surface area contributed by atoms with Crippen molar-refractivity contribution in [3.05, 3.63) is 59.2 Å². The van der Waals surface area contributed by atoms with Crippen LogP contribution in [0.2, 0.25) is 0 Å². The Balaban J connectivity index is 1.94. The molecule has 2 aromatic rings. The molecule has 0 aliphatic carbocycles. The maximum atomic E-state index is 5.97. The Morgan fingerprint density at radius 2 is 1.68 bits per heavy atom. The molecule has 2 rings (SSSR count). The topological polar surface area (TPSA) is 44.5 Å². The second-order valence-corrected chi connectivity index (χ2v) is 5.61. The largest absolute Gasteiger partial charge is 0.497 e. The Labute approximate surface area is 133 Å². The summed E-state index contributed by atoms with van der Waals surface area (Å²) in [7, 11) is 1.66. The van der Waals surface area contributed by atoms with Crippen molar-refractivity contribution in [3.8, 4) is 11.5 Å². The van der Waals surface area contributed by atoms with Gasteiger partial charge < -0.3 is 15.2 Å². The van der Waals surface area contributed by atoms with Crippen LogP contribution >= 0.6 is 0 Å². The van der Waals surface area contributed by atoms with E-state index in [-0.39, 0.29) is 0 Å². The fourth-order valence-electron chi connectivity index (χ4n) is 2.59. The molecule has 0 aromatic heterocycles. The minimum absolute atomic E-state index is 0.332. The molecule has 0 radical (unpaired) electrons. The van der Waals surface area contributed by atoms with Crippen molar-refractivity contribution < 1.29 is 9.47 Å². The highest BCUT2D eigenvalue weighted by Crippen LogP contribution is 2.24. The van der Waals surface area contributed by atoms with Crippen LogP contribution in [-0.4, -0.2) is 20.3 Å². The molecule has 0 saturated carbocycles. The number of methoxy groups -OCH3 is 1. The van der Waals surface area contributed by atoms with Gasteiger partial charge in [0.15, 0.2) is 0 Å². The summed E-state index contributed by atoms with van der Waals surface area (Å²) in [5, 5.41) is 0. The monoisotopic (exact) mass is 299 g/mol. The first kappa shape index (κ1) is 16.4. The van der Waals surface area contributed by atoms with Crippen LogP contribution in [0.5, 0.6) is 11.5 Å². The van der Waals surface area contributed by atoms with Crippen LogP contribution in [0.1, 0.15) is 29.0 Å². The first-order valence-electron chi connectivity index (χ1n) is 7.68. The molecule has 2 N–H and O–H groups in total. The van der Waals surface area contributed by atoms with Gasteiger partial charge >= 0.3 is 0 Å². The third-order valence-electron chi connectivity index (χ3n) is 3.95. The Bertz CT molecular complexity index is 593. The minimum Gasteiger partial charge on any atom is -0.497 e. The van der Waals surface area contributed by atoms with E-state index in [1.165, 1.54) is 16.7 Å². The van der Waals surface area contributed by atoms with Crippen LogP contribution in [0.3, 0.4) is 0 Å². The number of aryl methyl sites for hydroxylation is 2. The van der Waals surface area contributed by atoms with Gasteiger partial charge in [-0.25, -0.2) is 0 Å². The summed E-state index contributed by atoms with van der Waals surface area (Å²) in [6, 6.07) is 14.2. The molecule has 0 fully saturated rings. The van der Waals surface area contributed by atoms with E-state index in [0.29, 0.717) is 19.1 Å². The highest BCUT2D eigenvalue weighted by molar-refractivity contribution is 5.34. The van der Waals surface area contributed by atoms with Crippen LogP contribution < -0.4 is 15.2 Å². The van der Waals surface area contributed by atoms with Crippen LogP contribution in [0.25, 0.3) is 0 Å². The highest BCUT2D eigenvalue weighted by atomic mass is 16.5. The first-order valence-corrected chi connectivity index (χ1v) is 7.68. The lowest BCUT2D eigenvalue weighted by molar-refractivity contribution is 0.297. The molecule has 0 bridgehead atoms. The third-order valence-corrected chi connectivity index (χ3v) is 3.95. The number of hydrogen-bond donors (Lipinski definition) is 1. The van der Waals surface area contributed by atoms with Gasteiger partial charge in [-0.1, -0.05) is 23.8 Å². The Hall–Kier alpha value is -2.00. The van der Waals surface area contributed by atoms with E-state index in [1.54, 1.807) is 7.11 Å². The van der Waals surface area contributed by atoms with Crippen molar-refractivity contribution in [1.82, 2.24) is 0 Å². The average Bonchev–Trinajstić information content (AvgIpc) is 2.55. The van der Waals surface area contributed by atoms with Crippen LogP contribution in [0.15, 0.2) is 42.5 Å². The number of hydrogen-bond acceptors (Lipinski definition) is 3. The molecule has 3 nitrogen and oxygen atoms in total. The molecule has 1 unspecified atom stereocenters. The molecule has 118 valence electrons. The average molecular weight is 299 g/mol. The maximum Gasteiger partial charge on any atom is 0.119 e. The minimum atomic E-state index is 0.332. The Morgan fingerprint density at radius 3 is 2.32 bits per heavy atom. The summed E-state index contributed by atoms with van der Waals surface area (Å²) >= 11 is 0. The van der Waals surface area contributed by atoms with Crippen molar-refractivity contribution in [2.75, 3.05) is 20.3 Å². The van der Waals surface area contributed by atoms with Crippen LogP contribution in [-0.2, 0) is 0 Å². The SMILES string of the molecule is COc1ccc(OCCC(CN)c2cc(C)ccc2C)cc1. The Morgan fingerprint density at radius 1 is 1.00 bits per heavy atom. The van der Waals surface area contributed by atoms with Gasteiger partial charge in [0, 0.05) is 0 Å². The predicted molar refractivity (Wildman–Crippen MR) is 90.8 cm³/mol. The van der Waals surface area contributed by atoms with Gasteiger partial charge in [0.2, 0.25) is 0 Å². The zero-order valence-electron chi connectivity index (χ0n) is 13.6. The van der Waals surface area contributed by atoms with E-state index < -0.39 is 0 Å². The first-order chi connectivity index (χ1) is 10.6. The van der Waals surface area contributed by atoms with E-state index in [0.717, 1.165) is 17.9 Å².